The molecule has 0 saturated carbocycles. The number of hydrogen-bond donors (Lipinski definition) is 1. The van der Waals surface area contributed by atoms with Gasteiger partial charge in [-0.05, 0) is 12.8 Å². The first-order valence-electron chi connectivity index (χ1n) is 4.50. The van der Waals surface area contributed by atoms with Crippen molar-refractivity contribution in [3.05, 3.63) is 11.9 Å². The Morgan fingerprint density at radius 3 is 3.23 bits per heavy atom. The summed E-state index contributed by atoms with van der Waals surface area (Å²) in [6.07, 6.45) is 4.25. The van der Waals surface area contributed by atoms with Crippen LogP contribution in [0.1, 0.15) is 18.5 Å². The highest BCUT2D eigenvalue weighted by molar-refractivity contribution is 4.89. The van der Waals surface area contributed by atoms with Crippen molar-refractivity contribution in [1.29, 1.82) is 0 Å². The van der Waals surface area contributed by atoms with Crippen LogP contribution in [0.4, 0.5) is 0 Å². The lowest BCUT2D eigenvalue weighted by atomic mass is 10.2. The monoisotopic (exact) mass is 183 g/mol. The molecule has 0 unspecified atom stereocenters. The van der Waals surface area contributed by atoms with Gasteiger partial charge in [0.05, 0.1) is 25.5 Å². The Hall–Kier alpha value is -0.940. The summed E-state index contributed by atoms with van der Waals surface area (Å²) in [4.78, 5) is 0. The molecule has 2 heterocycles. The van der Waals surface area contributed by atoms with Crippen LogP contribution in [-0.4, -0.2) is 32.8 Å². The van der Waals surface area contributed by atoms with Gasteiger partial charge in [-0.2, -0.15) is 0 Å². The van der Waals surface area contributed by atoms with Crippen LogP contribution in [0.15, 0.2) is 6.20 Å². The minimum atomic E-state index is -0.0501. The van der Waals surface area contributed by atoms with Crippen molar-refractivity contribution in [2.75, 3.05) is 6.61 Å². The van der Waals surface area contributed by atoms with Crippen molar-refractivity contribution < 1.29 is 9.84 Å². The summed E-state index contributed by atoms with van der Waals surface area (Å²) in [6, 6.07) is 0. The molecule has 72 valence electrons. The predicted molar refractivity (Wildman–Crippen MR) is 44.9 cm³/mol. The number of aromatic nitrogens is 3. The van der Waals surface area contributed by atoms with E-state index in [2.05, 4.69) is 10.3 Å². The Morgan fingerprint density at radius 2 is 2.62 bits per heavy atom. The number of aliphatic hydroxyl groups is 1. The molecule has 1 N–H and O–H groups in total. The molecule has 5 nitrogen and oxygen atoms in total. The van der Waals surface area contributed by atoms with Gasteiger partial charge in [0.2, 0.25) is 0 Å². The molecule has 1 aromatic rings. The molecule has 5 heteroatoms. The quantitative estimate of drug-likeness (QED) is 0.713. The first kappa shape index (κ1) is 8.65. The molecule has 0 aromatic carbocycles. The third-order valence-corrected chi connectivity index (χ3v) is 2.16. The topological polar surface area (TPSA) is 60.2 Å². The van der Waals surface area contributed by atoms with E-state index < -0.39 is 0 Å². The zero-order valence-electron chi connectivity index (χ0n) is 7.39. The van der Waals surface area contributed by atoms with E-state index in [9.17, 15) is 0 Å². The molecule has 0 amide bonds. The van der Waals surface area contributed by atoms with Crippen molar-refractivity contribution in [3.63, 3.8) is 0 Å². The molecular formula is C8H13N3O2. The molecular weight excluding hydrogens is 170 g/mol. The van der Waals surface area contributed by atoms with Gasteiger partial charge in [0, 0.05) is 6.61 Å². The Morgan fingerprint density at radius 1 is 1.69 bits per heavy atom. The second-order valence-corrected chi connectivity index (χ2v) is 3.23. The lowest BCUT2D eigenvalue weighted by Crippen LogP contribution is -2.15. The van der Waals surface area contributed by atoms with E-state index in [0.717, 1.165) is 26.0 Å². The second-order valence-electron chi connectivity index (χ2n) is 3.23. The van der Waals surface area contributed by atoms with Gasteiger partial charge in [0.15, 0.2) is 0 Å². The summed E-state index contributed by atoms with van der Waals surface area (Å²) >= 11 is 0. The molecule has 13 heavy (non-hydrogen) atoms. The third-order valence-electron chi connectivity index (χ3n) is 2.16. The smallest absolute Gasteiger partial charge is 0.108 e. The first-order chi connectivity index (χ1) is 6.38. The van der Waals surface area contributed by atoms with E-state index in [1.165, 1.54) is 0 Å². The van der Waals surface area contributed by atoms with Crippen LogP contribution >= 0.6 is 0 Å². The molecule has 1 saturated heterocycles. The zero-order valence-corrected chi connectivity index (χ0v) is 7.39. The predicted octanol–water partition coefficient (Wildman–Crippen LogP) is -0.0506. The fourth-order valence-corrected chi connectivity index (χ4v) is 1.50. The first-order valence-corrected chi connectivity index (χ1v) is 4.50. The lowest BCUT2D eigenvalue weighted by Gasteiger charge is -2.07. The van der Waals surface area contributed by atoms with Gasteiger partial charge in [-0.15, -0.1) is 5.10 Å². The number of rotatable bonds is 3. The Bertz CT molecular complexity index is 268. The minimum Gasteiger partial charge on any atom is -0.390 e. The maximum atomic E-state index is 8.76. The maximum Gasteiger partial charge on any atom is 0.108 e. The van der Waals surface area contributed by atoms with Crippen LogP contribution < -0.4 is 0 Å². The van der Waals surface area contributed by atoms with Gasteiger partial charge in [-0.1, -0.05) is 5.21 Å². The summed E-state index contributed by atoms with van der Waals surface area (Å²) in [5.41, 5.74) is 0.609. The highest BCUT2D eigenvalue weighted by Crippen LogP contribution is 2.13. The standard InChI is InChI=1S/C8H13N3O2/c12-6-7-4-11(10-9-7)5-8-2-1-3-13-8/h4,8,12H,1-3,5-6H2/t8-/m1/s1. The van der Waals surface area contributed by atoms with Crippen LogP contribution in [-0.2, 0) is 17.9 Å². The summed E-state index contributed by atoms with van der Waals surface area (Å²) in [5.74, 6) is 0. The Labute approximate surface area is 76.3 Å². The van der Waals surface area contributed by atoms with E-state index in [0.29, 0.717) is 5.69 Å². The summed E-state index contributed by atoms with van der Waals surface area (Å²) in [7, 11) is 0. The fourth-order valence-electron chi connectivity index (χ4n) is 1.50. The maximum absolute atomic E-state index is 8.76. The third kappa shape index (κ3) is 2.05. The molecule has 0 aliphatic carbocycles. The molecule has 1 aromatic heterocycles. The van der Waals surface area contributed by atoms with Crippen molar-refractivity contribution in [2.24, 2.45) is 0 Å². The van der Waals surface area contributed by atoms with Gasteiger partial charge in [-0.25, -0.2) is 4.68 Å². The number of aliphatic hydroxyl groups excluding tert-OH is 1. The van der Waals surface area contributed by atoms with E-state index in [1.54, 1.807) is 10.9 Å². The van der Waals surface area contributed by atoms with Crippen molar-refractivity contribution in [3.8, 4) is 0 Å². The molecule has 1 aliphatic rings. The molecule has 1 aliphatic heterocycles. The average Bonchev–Trinajstić information content (AvgIpc) is 2.76. The van der Waals surface area contributed by atoms with Crippen LogP contribution in [0.25, 0.3) is 0 Å². The van der Waals surface area contributed by atoms with Crippen molar-refractivity contribution in [2.45, 2.75) is 32.1 Å². The van der Waals surface area contributed by atoms with Crippen molar-refractivity contribution >= 4 is 0 Å². The van der Waals surface area contributed by atoms with Crippen LogP contribution in [0.2, 0.25) is 0 Å². The highest BCUT2D eigenvalue weighted by Gasteiger charge is 2.16. The van der Waals surface area contributed by atoms with Gasteiger partial charge in [-0.3, -0.25) is 0 Å². The van der Waals surface area contributed by atoms with Crippen molar-refractivity contribution in [1.82, 2.24) is 15.0 Å². The molecule has 0 bridgehead atoms. The number of hydrogen-bond acceptors (Lipinski definition) is 4. The minimum absolute atomic E-state index is 0.0501. The van der Waals surface area contributed by atoms with Crippen LogP contribution in [0.5, 0.6) is 0 Å². The van der Waals surface area contributed by atoms with Gasteiger partial charge >= 0.3 is 0 Å². The second kappa shape index (κ2) is 3.85. The lowest BCUT2D eigenvalue weighted by molar-refractivity contribution is 0.0935. The van der Waals surface area contributed by atoms with Gasteiger partial charge in [0.1, 0.15) is 5.69 Å². The van der Waals surface area contributed by atoms with Gasteiger partial charge in [0.25, 0.3) is 0 Å². The van der Waals surface area contributed by atoms with E-state index in [1.807, 2.05) is 0 Å². The summed E-state index contributed by atoms with van der Waals surface area (Å²) in [6.45, 7) is 1.55. The molecule has 0 spiro atoms. The SMILES string of the molecule is OCc1cn(C[C@H]2CCCO2)nn1. The molecule has 1 atom stereocenters. The number of ether oxygens (including phenoxy) is 1. The zero-order chi connectivity index (χ0) is 9.10. The largest absolute Gasteiger partial charge is 0.390 e. The number of nitrogens with zero attached hydrogens (tertiary/aromatic N) is 3. The van der Waals surface area contributed by atoms with E-state index >= 15 is 0 Å². The van der Waals surface area contributed by atoms with E-state index in [4.69, 9.17) is 9.84 Å². The Balaban J connectivity index is 1.92. The van der Waals surface area contributed by atoms with Crippen LogP contribution in [0, 0.1) is 0 Å². The fraction of sp³-hybridized carbons (Fsp3) is 0.750. The van der Waals surface area contributed by atoms with Gasteiger partial charge < -0.3 is 9.84 Å². The molecule has 1 fully saturated rings. The summed E-state index contributed by atoms with van der Waals surface area (Å²) < 4.78 is 7.17. The molecule has 0 radical (unpaired) electrons. The molecule has 2 rings (SSSR count). The highest BCUT2D eigenvalue weighted by atomic mass is 16.5. The average molecular weight is 183 g/mol. The van der Waals surface area contributed by atoms with Crippen LogP contribution in [0.3, 0.4) is 0 Å². The summed E-state index contributed by atoms with van der Waals surface area (Å²) in [5, 5.41) is 16.4. The Kier molecular flexibility index (Phi) is 2.56. The van der Waals surface area contributed by atoms with E-state index in [-0.39, 0.29) is 12.7 Å². The normalized spacial score (nSPS) is 22.4.